The maximum Gasteiger partial charge on any atom is 0.187 e. The van der Waals surface area contributed by atoms with Crippen LogP contribution in [0.25, 0.3) is 0 Å². The zero-order chi connectivity index (χ0) is 7.02. The lowest BCUT2D eigenvalue weighted by molar-refractivity contribution is 0.473. The number of aromatic hydroxyl groups is 1. The molecule has 1 aromatic heterocycles. The van der Waals surface area contributed by atoms with Gasteiger partial charge in [0.25, 0.3) is 0 Å². The Morgan fingerprint density at radius 3 is 2.33 bits per heavy atom. The number of hydrogen-bond donors (Lipinski definition) is 3. The Balaban J connectivity index is 3.29. The van der Waals surface area contributed by atoms with Gasteiger partial charge in [0.05, 0.1) is 0 Å². The Kier molecular flexibility index (Phi) is 0.985. The number of anilines is 1. The zero-order valence-corrected chi connectivity index (χ0v) is 5.00. The molecule has 0 aliphatic heterocycles. The van der Waals surface area contributed by atoms with Gasteiger partial charge in [-0.25, -0.2) is 0 Å². The van der Waals surface area contributed by atoms with Crippen molar-refractivity contribution in [1.29, 1.82) is 0 Å². The number of nitrogens with zero attached hydrogens (tertiary/aromatic N) is 2. The van der Waals surface area contributed by atoms with Gasteiger partial charge in [0.1, 0.15) is 5.69 Å². The topological polar surface area (TPSA) is 90.1 Å². The molecular weight excluding hydrogens is 120 g/mol. The van der Waals surface area contributed by atoms with Gasteiger partial charge in [-0.1, -0.05) is 0 Å². The number of nitrogens with two attached hydrogens (primary N) is 2. The van der Waals surface area contributed by atoms with Gasteiger partial charge in [0.2, 0.25) is 0 Å². The van der Waals surface area contributed by atoms with Gasteiger partial charge in [0, 0.05) is 0 Å². The van der Waals surface area contributed by atoms with E-state index in [1.807, 2.05) is 0 Å². The molecular formula is C4H8N4O. The van der Waals surface area contributed by atoms with Gasteiger partial charge in [-0.3, -0.25) is 0 Å². The van der Waals surface area contributed by atoms with Crippen molar-refractivity contribution in [3.8, 4) is 5.75 Å². The number of rotatable bonds is 0. The normalized spacial score (nSPS) is 9.89. The van der Waals surface area contributed by atoms with Crippen LogP contribution < -0.4 is 11.6 Å². The highest BCUT2D eigenvalue weighted by Crippen LogP contribution is 2.20. The maximum absolute atomic E-state index is 8.94. The first-order valence-electron chi connectivity index (χ1n) is 2.42. The van der Waals surface area contributed by atoms with E-state index in [0.29, 0.717) is 5.69 Å². The van der Waals surface area contributed by atoms with Crippen LogP contribution in [0.1, 0.15) is 5.69 Å². The van der Waals surface area contributed by atoms with Crippen molar-refractivity contribution in [1.82, 2.24) is 9.89 Å². The lowest BCUT2D eigenvalue weighted by Crippen LogP contribution is -2.12. The summed E-state index contributed by atoms with van der Waals surface area (Å²) in [6.07, 6.45) is 0. The van der Waals surface area contributed by atoms with Crippen molar-refractivity contribution in [2.24, 2.45) is 0 Å². The fourth-order valence-electron chi connectivity index (χ4n) is 0.557. The molecule has 0 unspecified atom stereocenters. The first-order chi connectivity index (χ1) is 4.13. The Morgan fingerprint density at radius 1 is 1.67 bits per heavy atom. The minimum absolute atomic E-state index is 0.0440. The van der Waals surface area contributed by atoms with Crippen LogP contribution in [0.3, 0.4) is 0 Å². The molecule has 9 heavy (non-hydrogen) atoms. The average molecular weight is 128 g/mol. The van der Waals surface area contributed by atoms with Crippen LogP contribution in [-0.4, -0.2) is 15.0 Å². The average Bonchev–Trinajstić information content (AvgIpc) is 1.98. The van der Waals surface area contributed by atoms with Crippen LogP contribution in [0.5, 0.6) is 5.75 Å². The first-order valence-corrected chi connectivity index (χ1v) is 2.42. The van der Waals surface area contributed by atoms with Gasteiger partial charge in [-0.05, 0) is 6.92 Å². The predicted octanol–water partition coefficient (Wildman–Crippen LogP) is -0.807. The van der Waals surface area contributed by atoms with Crippen LogP contribution in [0.15, 0.2) is 0 Å². The molecule has 5 nitrogen and oxygen atoms in total. The summed E-state index contributed by atoms with van der Waals surface area (Å²) < 4.78 is 0. The van der Waals surface area contributed by atoms with Crippen molar-refractivity contribution < 1.29 is 5.11 Å². The predicted molar refractivity (Wildman–Crippen MR) is 33.2 cm³/mol. The Hall–Kier alpha value is -1.39. The smallest absolute Gasteiger partial charge is 0.187 e. The molecule has 1 rings (SSSR count). The lowest BCUT2D eigenvalue weighted by atomic mass is 10.4. The van der Waals surface area contributed by atoms with Gasteiger partial charge < -0.3 is 16.7 Å². The Morgan fingerprint density at radius 2 is 2.22 bits per heavy atom. The van der Waals surface area contributed by atoms with Crippen LogP contribution >= 0.6 is 0 Å². The summed E-state index contributed by atoms with van der Waals surface area (Å²) in [6.45, 7) is 1.62. The van der Waals surface area contributed by atoms with Crippen molar-refractivity contribution >= 4 is 5.82 Å². The number of aromatic nitrogens is 2. The summed E-state index contributed by atoms with van der Waals surface area (Å²) in [7, 11) is 0. The summed E-state index contributed by atoms with van der Waals surface area (Å²) in [5.74, 6) is 5.21. The van der Waals surface area contributed by atoms with Crippen LogP contribution in [0.2, 0.25) is 0 Å². The SMILES string of the molecule is Cc1nn(N)c(N)c1O. The Labute approximate surface area is 51.8 Å². The van der Waals surface area contributed by atoms with E-state index in [2.05, 4.69) is 5.10 Å². The summed E-state index contributed by atoms with van der Waals surface area (Å²) in [5.41, 5.74) is 5.67. The molecule has 0 aromatic carbocycles. The monoisotopic (exact) mass is 128 g/mol. The standard InChI is InChI=1S/C4H8N4O/c1-2-3(9)4(5)8(6)7-2/h9H,5-6H2,1H3. The minimum atomic E-state index is -0.0440. The quantitative estimate of drug-likeness (QED) is 0.399. The second-order valence-corrected chi connectivity index (χ2v) is 1.76. The molecule has 0 radical (unpaired) electrons. The van der Waals surface area contributed by atoms with E-state index in [0.717, 1.165) is 4.79 Å². The van der Waals surface area contributed by atoms with Crippen molar-refractivity contribution in [2.75, 3.05) is 11.6 Å². The van der Waals surface area contributed by atoms with Crippen LogP contribution in [-0.2, 0) is 0 Å². The third kappa shape index (κ3) is 0.658. The molecule has 0 aliphatic carbocycles. The molecule has 1 heterocycles. The van der Waals surface area contributed by atoms with Crippen LogP contribution in [0, 0.1) is 6.92 Å². The van der Waals surface area contributed by atoms with Crippen LogP contribution in [0.4, 0.5) is 5.82 Å². The molecule has 0 saturated heterocycles. The summed E-state index contributed by atoms with van der Waals surface area (Å²) in [6, 6.07) is 0. The number of aryl methyl sites for hydroxylation is 1. The molecule has 0 amide bonds. The molecule has 0 saturated carbocycles. The highest BCUT2D eigenvalue weighted by atomic mass is 16.3. The van der Waals surface area contributed by atoms with E-state index in [1.165, 1.54) is 0 Å². The number of hydrogen-bond acceptors (Lipinski definition) is 4. The molecule has 0 spiro atoms. The third-order valence-electron chi connectivity index (χ3n) is 1.09. The largest absolute Gasteiger partial charge is 0.503 e. The summed E-state index contributed by atoms with van der Waals surface area (Å²) in [4.78, 5) is 0.935. The van der Waals surface area contributed by atoms with E-state index in [-0.39, 0.29) is 11.6 Å². The summed E-state index contributed by atoms with van der Waals surface area (Å²) >= 11 is 0. The lowest BCUT2D eigenvalue weighted by Gasteiger charge is -1.90. The number of nitrogen functional groups attached to an aromatic ring is 2. The van der Waals surface area contributed by atoms with Crippen molar-refractivity contribution in [2.45, 2.75) is 6.92 Å². The second kappa shape index (κ2) is 1.54. The van der Waals surface area contributed by atoms with E-state index >= 15 is 0 Å². The molecule has 0 atom stereocenters. The zero-order valence-electron chi connectivity index (χ0n) is 5.00. The van der Waals surface area contributed by atoms with Gasteiger partial charge in [-0.15, -0.1) is 0 Å². The van der Waals surface area contributed by atoms with Crippen molar-refractivity contribution in [3.05, 3.63) is 5.69 Å². The van der Waals surface area contributed by atoms with Gasteiger partial charge >= 0.3 is 0 Å². The second-order valence-electron chi connectivity index (χ2n) is 1.76. The fourth-order valence-corrected chi connectivity index (χ4v) is 0.557. The van der Waals surface area contributed by atoms with E-state index in [1.54, 1.807) is 6.92 Å². The highest BCUT2D eigenvalue weighted by Gasteiger charge is 2.06. The molecule has 5 heteroatoms. The van der Waals surface area contributed by atoms with Crippen molar-refractivity contribution in [3.63, 3.8) is 0 Å². The molecule has 0 aliphatic rings. The molecule has 5 N–H and O–H groups in total. The van der Waals surface area contributed by atoms with Gasteiger partial charge in [0.15, 0.2) is 11.6 Å². The maximum atomic E-state index is 8.94. The highest BCUT2D eigenvalue weighted by molar-refractivity contribution is 5.48. The fraction of sp³-hybridized carbons (Fsp3) is 0.250. The van der Waals surface area contributed by atoms with E-state index < -0.39 is 0 Å². The molecule has 50 valence electrons. The van der Waals surface area contributed by atoms with E-state index in [9.17, 15) is 0 Å². The summed E-state index contributed by atoms with van der Waals surface area (Å²) in [5, 5.41) is 12.6. The first kappa shape index (κ1) is 5.74. The molecule has 0 bridgehead atoms. The minimum Gasteiger partial charge on any atom is -0.503 e. The molecule has 0 fully saturated rings. The van der Waals surface area contributed by atoms with E-state index in [4.69, 9.17) is 16.7 Å². The third-order valence-corrected chi connectivity index (χ3v) is 1.09. The molecule has 1 aromatic rings. The van der Waals surface area contributed by atoms with Gasteiger partial charge in [-0.2, -0.15) is 9.89 Å². The Bertz CT molecular complexity index is 206.